The summed E-state index contributed by atoms with van der Waals surface area (Å²) in [7, 11) is 0. The second-order valence-electron chi connectivity index (χ2n) is 6.10. The summed E-state index contributed by atoms with van der Waals surface area (Å²) in [5, 5.41) is 0.704. The zero-order valence-electron chi connectivity index (χ0n) is 12.9. The lowest BCUT2D eigenvalue weighted by atomic mass is 9.95. The first-order valence-corrected chi connectivity index (χ1v) is 8.49. The molecule has 0 saturated carbocycles. The van der Waals surface area contributed by atoms with Crippen molar-refractivity contribution in [1.82, 2.24) is 4.90 Å². The van der Waals surface area contributed by atoms with E-state index in [1.54, 1.807) is 12.1 Å². The summed E-state index contributed by atoms with van der Waals surface area (Å²) in [6.07, 6.45) is 1.30. The van der Waals surface area contributed by atoms with E-state index >= 15 is 0 Å². The Morgan fingerprint density at radius 1 is 1.17 bits per heavy atom. The van der Waals surface area contributed by atoms with E-state index in [1.807, 2.05) is 4.90 Å². The van der Waals surface area contributed by atoms with Crippen LogP contribution in [0.25, 0.3) is 0 Å². The molecule has 2 fully saturated rings. The molecule has 2 heterocycles. The molecule has 6 nitrogen and oxygen atoms in total. The van der Waals surface area contributed by atoms with Crippen molar-refractivity contribution in [2.24, 2.45) is 11.7 Å². The number of hydrogen-bond donors (Lipinski definition) is 1. The molecule has 1 aromatic rings. The molecule has 2 saturated heterocycles. The Balaban J connectivity index is 1.78. The number of piperidine rings is 1. The van der Waals surface area contributed by atoms with Gasteiger partial charge in [-0.15, -0.1) is 0 Å². The van der Waals surface area contributed by atoms with Gasteiger partial charge in [-0.1, -0.05) is 23.2 Å². The first-order valence-electron chi connectivity index (χ1n) is 7.73. The summed E-state index contributed by atoms with van der Waals surface area (Å²) in [5.74, 6) is -1.07. The molecule has 3 rings (SSSR count). The molecule has 0 bridgehead atoms. The second-order valence-corrected chi connectivity index (χ2v) is 6.94. The number of halogens is 2. The van der Waals surface area contributed by atoms with Crippen molar-refractivity contribution in [3.8, 4) is 0 Å². The topological polar surface area (TPSA) is 83.7 Å². The molecule has 2 aliphatic rings. The Morgan fingerprint density at radius 2 is 1.83 bits per heavy atom. The van der Waals surface area contributed by atoms with Crippen LogP contribution in [-0.4, -0.2) is 41.8 Å². The first kappa shape index (κ1) is 17.2. The van der Waals surface area contributed by atoms with Crippen LogP contribution < -0.4 is 10.6 Å². The van der Waals surface area contributed by atoms with Crippen molar-refractivity contribution in [1.29, 1.82) is 0 Å². The minimum Gasteiger partial charge on any atom is -0.369 e. The normalized spacial score (nSPS) is 23.1. The highest BCUT2D eigenvalue weighted by Gasteiger charge is 2.44. The molecule has 8 heteroatoms. The van der Waals surface area contributed by atoms with E-state index in [9.17, 15) is 14.4 Å². The van der Waals surface area contributed by atoms with Gasteiger partial charge in [-0.2, -0.15) is 0 Å². The summed E-state index contributed by atoms with van der Waals surface area (Å²) in [5.41, 5.74) is 5.64. The molecule has 0 radical (unpaired) electrons. The zero-order chi connectivity index (χ0) is 17.4. The van der Waals surface area contributed by atoms with Gasteiger partial charge in [-0.05, 0) is 44.1 Å². The van der Waals surface area contributed by atoms with Crippen LogP contribution >= 0.6 is 23.2 Å². The van der Waals surface area contributed by atoms with E-state index in [1.165, 1.54) is 6.07 Å². The molecule has 128 valence electrons. The van der Waals surface area contributed by atoms with Crippen molar-refractivity contribution < 1.29 is 14.4 Å². The predicted molar refractivity (Wildman–Crippen MR) is 90.9 cm³/mol. The smallest absolute Gasteiger partial charge is 0.251 e. The van der Waals surface area contributed by atoms with E-state index in [0.717, 1.165) is 4.90 Å². The van der Waals surface area contributed by atoms with E-state index in [-0.39, 0.29) is 30.1 Å². The molecule has 2 N–H and O–H groups in total. The SMILES string of the molecule is NC(=O)C1CCN([C@@H]2CC(=O)N(c3cc(Cl)ccc3Cl)C2=O)CC1. The molecule has 1 atom stereocenters. The van der Waals surface area contributed by atoms with Crippen LogP contribution in [-0.2, 0) is 14.4 Å². The number of carbonyl (C=O) groups excluding carboxylic acids is 3. The predicted octanol–water partition coefficient (Wildman–Crippen LogP) is 1.82. The van der Waals surface area contributed by atoms with Gasteiger partial charge in [0.25, 0.3) is 5.91 Å². The molecule has 2 aliphatic heterocycles. The summed E-state index contributed by atoms with van der Waals surface area (Å²) in [6, 6.07) is 4.15. The van der Waals surface area contributed by atoms with E-state index in [0.29, 0.717) is 41.7 Å². The molecule has 24 heavy (non-hydrogen) atoms. The summed E-state index contributed by atoms with van der Waals surface area (Å²) in [6.45, 7) is 1.13. The fourth-order valence-electron chi connectivity index (χ4n) is 3.31. The van der Waals surface area contributed by atoms with Crippen molar-refractivity contribution in [2.45, 2.75) is 25.3 Å². The fraction of sp³-hybridized carbons (Fsp3) is 0.438. The Kier molecular flexibility index (Phi) is 4.80. The number of primary amides is 1. The summed E-state index contributed by atoms with van der Waals surface area (Å²) < 4.78 is 0. The van der Waals surface area contributed by atoms with Crippen LogP contribution in [0.1, 0.15) is 19.3 Å². The van der Waals surface area contributed by atoms with Gasteiger partial charge in [-0.25, -0.2) is 4.90 Å². The third-order valence-corrected chi connectivity index (χ3v) is 5.20. The van der Waals surface area contributed by atoms with Crippen molar-refractivity contribution in [3.05, 3.63) is 28.2 Å². The van der Waals surface area contributed by atoms with Crippen LogP contribution in [0, 0.1) is 5.92 Å². The Bertz CT molecular complexity index is 702. The number of anilines is 1. The number of imide groups is 1. The lowest BCUT2D eigenvalue weighted by Gasteiger charge is -2.33. The molecule has 1 aromatic carbocycles. The molecular formula is C16H17Cl2N3O3. The van der Waals surface area contributed by atoms with Crippen LogP contribution in [0.4, 0.5) is 5.69 Å². The lowest BCUT2D eigenvalue weighted by Crippen LogP contribution is -2.47. The quantitative estimate of drug-likeness (QED) is 0.823. The molecule has 0 aliphatic carbocycles. The van der Waals surface area contributed by atoms with Crippen molar-refractivity contribution in [2.75, 3.05) is 18.0 Å². The zero-order valence-corrected chi connectivity index (χ0v) is 14.4. The number of amides is 3. The van der Waals surface area contributed by atoms with Gasteiger partial charge < -0.3 is 5.73 Å². The number of nitrogens with two attached hydrogens (primary N) is 1. The van der Waals surface area contributed by atoms with Crippen LogP contribution in [0.2, 0.25) is 10.0 Å². The van der Waals surface area contributed by atoms with E-state index < -0.39 is 6.04 Å². The maximum atomic E-state index is 12.8. The summed E-state index contributed by atoms with van der Waals surface area (Å²) >= 11 is 12.1. The van der Waals surface area contributed by atoms with Gasteiger partial charge >= 0.3 is 0 Å². The Hall–Kier alpha value is -1.63. The monoisotopic (exact) mass is 369 g/mol. The van der Waals surface area contributed by atoms with Gasteiger partial charge in [0.15, 0.2) is 0 Å². The molecule has 0 aromatic heterocycles. The fourth-order valence-corrected chi connectivity index (χ4v) is 3.68. The maximum Gasteiger partial charge on any atom is 0.251 e. The highest BCUT2D eigenvalue weighted by molar-refractivity contribution is 6.37. The third-order valence-electron chi connectivity index (χ3n) is 4.64. The number of benzene rings is 1. The van der Waals surface area contributed by atoms with Crippen molar-refractivity contribution >= 4 is 46.6 Å². The largest absolute Gasteiger partial charge is 0.369 e. The third kappa shape index (κ3) is 3.14. The number of likely N-dealkylation sites (tertiary alicyclic amines) is 1. The maximum absolute atomic E-state index is 12.8. The number of carbonyl (C=O) groups is 3. The summed E-state index contributed by atoms with van der Waals surface area (Å²) in [4.78, 5) is 39.4. The minimum absolute atomic E-state index is 0.100. The van der Waals surface area contributed by atoms with Gasteiger partial charge in [0.2, 0.25) is 11.8 Å². The first-order chi connectivity index (χ1) is 11.4. The van der Waals surface area contributed by atoms with Gasteiger partial charge in [-0.3, -0.25) is 19.3 Å². The average molecular weight is 370 g/mol. The molecular weight excluding hydrogens is 353 g/mol. The molecule has 0 unspecified atom stereocenters. The highest BCUT2D eigenvalue weighted by atomic mass is 35.5. The lowest BCUT2D eigenvalue weighted by molar-refractivity contribution is -0.124. The molecule has 3 amide bonds. The van der Waals surface area contributed by atoms with E-state index in [2.05, 4.69) is 0 Å². The molecule has 0 spiro atoms. The number of hydrogen-bond acceptors (Lipinski definition) is 4. The highest BCUT2D eigenvalue weighted by Crippen LogP contribution is 2.34. The number of rotatable bonds is 3. The second kappa shape index (κ2) is 6.70. The minimum atomic E-state index is -0.527. The van der Waals surface area contributed by atoms with Gasteiger partial charge in [0, 0.05) is 10.9 Å². The van der Waals surface area contributed by atoms with E-state index in [4.69, 9.17) is 28.9 Å². The van der Waals surface area contributed by atoms with Crippen LogP contribution in [0.3, 0.4) is 0 Å². The standard InChI is InChI=1S/C16H17Cl2N3O3/c17-10-1-2-11(18)12(7-10)21-14(22)8-13(16(21)24)20-5-3-9(4-6-20)15(19)23/h1-2,7,9,13H,3-6,8H2,(H2,19,23)/t13-/m1/s1. The average Bonchev–Trinajstić information content (AvgIpc) is 2.84. The van der Waals surface area contributed by atoms with Gasteiger partial charge in [0.1, 0.15) is 0 Å². The van der Waals surface area contributed by atoms with Crippen LogP contribution in [0.5, 0.6) is 0 Å². The van der Waals surface area contributed by atoms with Crippen LogP contribution in [0.15, 0.2) is 18.2 Å². The number of nitrogens with zero attached hydrogens (tertiary/aromatic N) is 2. The van der Waals surface area contributed by atoms with Gasteiger partial charge in [0.05, 0.1) is 23.2 Å². The Morgan fingerprint density at radius 3 is 2.46 bits per heavy atom. The Labute approximate surface area is 149 Å². The van der Waals surface area contributed by atoms with Crippen molar-refractivity contribution in [3.63, 3.8) is 0 Å².